The summed E-state index contributed by atoms with van der Waals surface area (Å²) < 4.78 is 11.1. The molecule has 0 bridgehead atoms. The van der Waals surface area contributed by atoms with Crippen LogP contribution in [-0.2, 0) is 19.1 Å². The Bertz CT molecular complexity index is 797. The predicted molar refractivity (Wildman–Crippen MR) is 176 cm³/mol. The largest absolute Gasteiger partial charge is 0.455 e. The third-order valence-corrected chi connectivity index (χ3v) is 9.44. The predicted octanol–water partition coefficient (Wildman–Crippen LogP) is 8.05. The Balaban J connectivity index is 1.38. The molecule has 2 aliphatic rings. The average Bonchev–Trinajstić information content (AvgIpc) is 3.61. The lowest BCUT2D eigenvalue weighted by atomic mass is 9.99. The minimum atomic E-state index is -0.541. The van der Waals surface area contributed by atoms with Crippen LogP contribution < -0.4 is 0 Å². The van der Waals surface area contributed by atoms with Crippen molar-refractivity contribution >= 4 is 11.8 Å². The Labute approximate surface area is 268 Å². The van der Waals surface area contributed by atoms with Gasteiger partial charge in [-0.1, -0.05) is 103 Å². The van der Waals surface area contributed by atoms with Gasteiger partial charge in [-0.15, -0.1) is 0 Å². The second-order valence-corrected chi connectivity index (χ2v) is 13.6. The van der Waals surface area contributed by atoms with Gasteiger partial charge >= 0.3 is 5.97 Å². The number of rotatable bonds is 28. The standard InChI is InChI=1S/C37H66O7/c1-3-4-5-6-7-8-9-10-11-18-23-33(40)35-25-26-36(44-35)34(41)24-19-13-12-15-20-31(38)21-16-14-17-22-32(39)28-30-27-29(2)43-37(30)42/h27,29,32-36,39-41H,3-26,28H2,1-2H3/t29-,32-,33?,34?,35-,36-/m0/s1. The molecule has 1 fully saturated rings. The molecule has 2 unspecified atom stereocenters. The molecule has 2 aliphatic heterocycles. The van der Waals surface area contributed by atoms with Crippen molar-refractivity contribution in [2.45, 2.75) is 211 Å². The van der Waals surface area contributed by atoms with Crippen LogP contribution >= 0.6 is 0 Å². The van der Waals surface area contributed by atoms with Crippen molar-refractivity contribution < 1.29 is 34.4 Å². The Morgan fingerprint density at radius 3 is 1.68 bits per heavy atom. The van der Waals surface area contributed by atoms with Crippen LogP contribution in [0, 0.1) is 0 Å². The zero-order chi connectivity index (χ0) is 32.0. The topological polar surface area (TPSA) is 113 Å². The zero-order valence-electron chi connectivity index (χ0n) is 28.2. The summed E-state index contributed by atoms with van der Waals surface area (Å²) >= 11 is 0. The SMILES string of the molecule is CCCCCCCCCCCCC(O)[C@@H]1CC[C@@H](C(O)CCCCCCC(=O)CCCCC[C@H](O)CC2=C[C@H](C)OC2=O)O1. The van der Waals surface area contributed by atoms with Gasteiger partial charge in [-0.3, -0.25) is 4.79 Å². The molecule has 2 heterocycles. The first-order valence-electron chi connectivity index (χ1n) is 18.4. The smallest absolute Gasteiger partial charge is 0.334 e. The quantitative estimate of drug-likeness (QED) is 0.0598. The maximum absolute atomic E-state index is 12.2. The van der Waals surface area contributed by atoms with Gasteiger partial charge in [-0.2, -0.15) is 0 Å². The molecule has 1 saturated heterocycles. The molecule has 7 nitrogen and oxygen atoms in total. The molecule has 0 aliphatic carbocycles. The van der Waals surface area contributed by atoms with E-state index in [2.05, 4.69) is 6.92 Å². The van der Waals surface area contributed by atoms with Gasteiger partial charge in [-0.25, -0.2) is 4.79 Å². The third kappa shape index (κ3) is 17.4. The van der Waals surface area contributed by atoms with Crippen LogP contribution in [0.15, 0.2) is 11.6 Å². The number of unbranched alkanes of at least 4 members (excludes halogenated alkanes) is 14. The minimum absolute atomic E-state index is 0.136. The summed E-state index contributed by atoms with van der Waals surface area (Å²) in [4.78, 5) is 23.9. The summed E-state index contributed by atoms with van der Waals surface area (Å²) in [7, 11) is 0. The van der Waals surface area contributed by atoms with Gasteiger partial charge in [0, 0.05) is 24.8 Å². The summed E-state index contributed by atoms with van der Waals surface area (Å²) in [5.74, 6) is -0.0135. The monoisotopic (exact) mass is 622 g/mol. The zero-order valence-corrected chi connectivity index (χ0v) is 28.2. The first kappa shape index (κ1) is 38.9. The molecule has 0 saturated carbocycles. The summed E-state index contributed by atoms with van der Waals surface area (Å²) in [6, 6.07) is 0. The van der Waals surface area contributed by atoms with Crippen LogP contribution in [0.4, 0.5) is 0 Å². The first-order chi connectivity index (χ1) is 21.3. The molecule has 0 aromatic heterocycles. The molecule has 44 heavy (non-hydrogen) atoms. The summed E-state index contributed by atoms with van der Waals surface area (Å²) in [6.45, 7) is 4.07. The molecular formula is C37H66O7. The van der Waals surface area contributed by atoms with Crippen molar-refractivity contribution in [1.29, 1.82) is 0 Å². The number of cyclic esters (lactones) is 1. The molecular weight excluding hydrogens is 556 g/mol. The lowest BCUT2D eigenvalue weighted by Crippen LogP contribution is -2.31. The van der Waals surface area contributed by atoms with Gasteiger partial charge < -0.3 is 24.8 Å². The van der Waals surface area contributed by atoms with Crippen molar-refractivity contribution in [2.75, 3.05) is 0 Å². The number of carbonyl (C=O) groups is 2. The third-order valence-electron chi connectivity index (χ3n) is 9.44. The highest BCUT2D eigenvalue weighted by Gasteiger charge is 2.34. The van der Waals surface area contributed by atoms with Gasteiger partial charge in [0.15, 0.2) is 0 Å². The van der Waals surface area contributed by atoms with E-state index in [1.165, 1.54) is 57.8 Å². The van der Waals surface area contributed by atoms with Crippen LogP contribution in [0.25, 0.3) is 0 Å². The fourth-order valence-corrected chi connectivity index (χ4v) is 6.64. The van der Waals surface area contributed by atoms with Crippen molar-refractivity contribution in [1.82, 2.24) is 0 Å². The Morgan fingerprint density at radius 2 is 1.18 bits per heavy atom. The van der Waals surface area contributed by atoms with Gasteiger partial charge in [-0.05, 0) is 57.9 Å². The van der Waals surface area contributed by atoms with Crippen LogP contribution in [0.2, 0.25) is 0 Å². The van der Waals surface area contributed by atoms with E-state index in [4.69, 9.17) is 9.47 Å². The van der Waals surface area contributed by atoms with E-state index < -0.39 is 18.3 Å². The van der Waals surface area contributed by atoms with Crippen LogP contribution in [0.5, 0.6) is 0 Å². The number of esters is 1. The normalized spacial score (nSPS) is 22.2. The minimum Gasteiger partial charge on any atom is -0.455 e. The number of aliphatic hydroxyl groups excluding tert-OH is 3. The fourth-order valence-electron chi connectivity index (χ4n) is 6.64. The van der Waals surface area contributed by atoms with Gasteiger partial charge in [0.2, 0.25) is 0 Å². The number of hydrogen-bond donors (Lipinski definition) is 3. The number of ether oxygens (including phenoxy) is 2. The van der Waals surface area contributed by atoms with E-state index in [0.29, 0.717) is 43.5 Å². The Hall–Kier alpha value is -1.28. The van der Waals surface area contributed by atoms with E-state index in [1.54, 1.807) is 6.08 Å². The summed E-state index contributed by atoms with van der Waals surface area (Å²) in [6.07, 6.45) is 24.5. The Morgan fingerprint density at radius 1 is 0.727 bits per heavy atom. The molecule has 0 spiro atoms. The molecule has 7 heteroatoms. The number of ketones is 1. The van der Waals surface area contributed by atoms with Crippen LogP contribution in [-0.4, -0.2) is 63.7 Å². The molecule has 256 valence electrons. The Kier molecular flexibility index (Phi) is 21.2. The molecule has 3 N–H and O–H groups in total. The molecule has 0 aromatic rings. The van der Waals surface area contributed by atoms with E-state index in [1.807, 2.05) is 6.92 Å². The average molecular weight is 623 g/mol. The van der Waals surface area contributed by atoms with Crippen molar-refractivity contribution in [3.05, 3.63) is 11.6 Å². The van der Waals surface area contributed by atoms with E-state index in [-0.39, 0.29) is 24.3 Å². The van der Waals surface area contributed by atoms with Crippen molar-refractivity contribution in [2.24, 2.45) is 0 Å². The van der Waals surface area contributed by atoms with Crippen molar-refractivity contribution in [3.63, 3.8) is 0 Å². The molecule has 6 atom stereocenters. The summed E-state index contributed by atoms with van der Waals surface area (Å²) in [5.41, 5.74) is 0.569. The van der Waals surface area contributed by atoms with Crippen molar-refractivity contribution in [3.8, 4) is 0 Å². The maximum Gasteiger partial charge on any atom is 0.334 e. The highest BCUT2D eigenvalue weighted by Crippen LogP contribution is 2.28. The highest BCUT2D eigenvalue weighted by molar-refractivity contribution is 5.90. The van der Waals surface area contributed by atoms with Crippen LogP contribution in [0.1, 0.15) is 174 Å². The number of Topliss-reactive ketones (excluding diaryl/α,β-unsaturated/α-hetero) is 1. The molecule has 0 aromatic carbocycles. The van der Waals surface area contributed by atoms with Gasteiger partial charge in [0.1, 0.15) is 11.9 Å². The number of hydrogen-bond acceptors (Lipinski definition) is 7. The summed E-state index contributed by atoms with van der Waals surface area (Å²) in [5, 5.41) is 31.4. The van der Waals surface area contributed by atoms with Gasteiger partial charge in [0.25, 0.3) is 0 Å². The molecule has 0 radical (unpaired) electrons. The van der Waals surface area contributed by atoms with E-state index >= 15 is 0 Å². The fraction of sp³-hybridized carbons (Fsp3) is 0.892. The highest BCUT2D eigenvalue weighted by atomic mass is 16.5. The second-order valence-electron chi connectivity index (χ2n) is 13.6. The van der Waals surface area contributed by atoms with Gasteiger partial charge in [0.05, 0.1) is 30.5 Å². The number of aliphatic hydroxyl groups is 3. The van der Waals surface area contributed by atoms with E-state index in [9.17, 15) is 24.9 Å². The number of carbonyl (C=O) groups excluding carboxylic acids is 2. The van der Waals surface area contributed by atoms with E-state index in [0.717, 1.165) is 70.6 Å². The lowest BCUT2D eigenvalue weighted by molar-refractivity contribution is -0.139. The maximum atomic E-state index is 12.2. The van der Waals surface area contributed by atoms with Crippen LogP contribution in [0.3, 0.4) is 0 Å². The molecule has 2 rings (SSSR count). The lowest BCUT2D eigenvalue weighted by Gasteiger charge is -2.22. The first-order valence-corrected chi connectivity index (χ1v) is 18.4. The molecule has 0 amide bonds. The second kappa shape index (κ2) is 24.0.